The number of hydrogen-bond acceptors (Lipinski definition) is 2. The van der Waals surface area contributed by atoms with Crippen LogP contribution in [0.4, 0.5) is 0 Å². The Hall–Kier alpha value is -1.15. The minimum absolute atomic E-state index is 0.615. The Labute approximate surface area is 84.1 Å². The van der Waals surface area contributed by atoms with Gasteiger partial charge in [0.25, 0.3) is 0 Å². The Morgan fingerprint density at radius 2 is 2.43 bits per heavy atom. The van der Waals surface area contributed by atoms with E-state index in [0.29, 0.717) is 6.04 Å². The molecule has 0 spiro atoms. The molecule has 0 saturated carbocycles. The van der Waals surface area contributed by atoms with E-state index in [4.69, 9.17) is 0 Å². The van der Waals surface area contributed by atoms with Crippen LogP contribution in [0, 0.1) is 5.92 Å². The molecule has 2 aliphatic rings. The van der Waals surface area contributed by atoms with E-state index in [2.05, 4.69) is 22.4 Å². The monoisotopic (exact) mass is 186 g/mol. The first-order valence-electron chi connectivity index (χ1n) is 5.26. The average molecular weight is 186 g/mol. The second-order valence-electron chi connectivity index (χ2n) is 4.25. The summed E-state index contributed by atoms with van der Waals surface area (Å²) in [5.41, 5.74) is 2.77. The molecule has 2 heteroatoms. The second-order valence-corrected chi connectivity index (χ2v) is 4.25. The van der Waals surface area contributed by atoms with Crippen LogP contribution in [0.15, 0.2) is 30.6 Å². The van der Waals surface area contributed by atoms with E-state index < -0.39 is 0 Å². The Balaban J connectivity index is 1.93. The smallest absolute Gasteiger partial charge is 0.0342 e. The highest BCUT2D eigenvalue weighted by Gasteiger charge is 2.28. The molecule has 0 aromatic carbocycles. The molecule has 1 saturated heterocycles. The van der Waals surface area contributed by atoms with Crippen LogP contribution >= 0.6 is 0 Å². The Morgan fingerprint density at radius 3 is 3.21 bits per heavy atom. The van der Waals surface area contributed by atoms with Crippen molar-refractivity contribution in [2.24, 2.45) is 5.92 Å². The molecule has 0 radical (unpaired) electrons. The van der Waals surface area contributed by atoms with E-state index in [1.165, 1.54) is 30.5 Å². The summed E-state index contributed by atoms with van der Waals surface area (Å²) >= 11 is 0. The lowest BCUT2D eigenvalue weighted by atomic mass is 9.87. The molecule has 2 bridgehead atoms. The zero-order valence-corrected chi connectivity index (χ0v) is 8.11. The number of nitrogens with zero attached hydrogens (tertiary/aromatic N) is 1. The maximum atomic E-state index is 4.17. The third kappa shape index (κ3) is 1.36. The lowest BCUT2D eigenvalue weighted by Gasteiger charge is -2.18. The summed E-state index contributed by atoms with van der Waals surface area (Å²) in [7, 11) is 0. The van der Waals surface area contributed by atoms with Gasteiger partial charge in [-0.3, -0.25) is 4.98 Å². The van der Waals surface area contributed by atoms with E-state index in [-0.39, 0.29) is 0 Å². The summed E-state index contributed by atoms with van der Waals surface area (Å²) in [5, 5.41) is 3.52. The Kier molecular flexibility index (Phi) is 1.88. The number of hydrogen-bond donors (Lipinski definition) is 1. The van der Waals surface area contributed by atoms with Crippen LogP contribution in [-0.2, 0) is 0 Å². The number of nitrogens with one attached hydrogen (secondary N) is 1. The van der Waals surface area contributed by atoms with Crippen molar-refractivity contribution in [1.82, 2.24) is 10.3 Å². The zero-order chi connectivity index (χ0) is 9.38. The quantitative estimate of drug-likeness (QED) is 0.724. The summed E-state index contributed by atoms with van der Waals surface area (Å²) in [4.78, 5) is 4.17. The molecular formula is C12H14N2. The molecule has 2 atom stereocenters. The SMILES string of the molecule is C1=C(c2cccnc2)CC2CNC1C2. The lowest BCUT2D eigenvalue weighted by molar-refractivity contribution is 0.579. The van der Waals surface area contributed by atoms with Crippen molar-refractivity contribution in [3.05, 3.63) is 36.2 Å². The molecule has 0 amide bonds. The van der Waals surface area contributed by atoms with Crippen LogP contribution < -0.4 is 5.32 Å². The van der Waals surface area contributed by atoms with Crippen molar-refractivity contribution in [2.75, 3.05) is 6.54 Å². The lowest BCUT2D eigenvalue weighted by Crippen LogP contribution is -2.18. The van der Waals surface area contributed by atoms with Crippen LogP contribution in [0.1, 0.15) is 18.4 Å². The molecule has 14 heavy (non-hydrogen) atoms. The molecular weight excluding hydrogens is 172 g/mol. The van der Waals surface area contributed by atoms with Gasteiger partial charge in [-0.05, 0) is 42.5 Å². The van der Waals surface area contributed by atoms with Gasteiger partial charge in [-0.15, -0.1) is 0 Å². The third-order valence-corrected chi connectivity index (χ3v) is 3.20. The number of aromatic nitrogens is 1. The highest BCUT2D eigenvalue weighted by molar-refractivity contribution is 5.66. The van der Waals surface area contributed by atoms with Gasteiger partial charge < -0.3 is 5.32 Å². The zero-order valence-electron chi connectivity index (χ0n) is 8.11. The van der Waals surface area contributed by atoms with Crippen LogP contribution in [0.25, 0.3) is 5.57 Å². The van der Waals surface area contributed by atoms with Gasteiger partial charge in [0.05, 0.1) is 0 Å². The molecule has 1 fully saturated rings. The molecule has 1 aliphatic carbocycles. The van der Waals surface area contributed by atoms with Gasteiger partial charge in [0.15, 0.2) is 0 Å². The number of allylic oxidation sites excluding steroid dienone is 1. The standard InChI is InChI=1S/C12H14N2/c1-2-10(8-13-3-1)11-4-9-5-12(6-11)14-7-9/h1-3,6,8-9,12,14H,4-5,7H2. The van der Waals surface area contributed by atoms with E-state index in [0.717, 1.165) is 5.92 Å². The Bertz CT molecular complexity index is 356. The molecule has 2 unspecified atom stereocenters. The minimum atomic E-state index is 0.615. The highest BCUT2D eigenvalue weighted by Crippen LogP contribution is 2.33. The second kappa shape index (κ2) is 3.21. The largest absolute Gasteiger partial charge is 0.310 e. The molecule has 72 valence electrons. The topological polar surface area (TPSA) is 24.9 Å². The minimum Gasteiger partial charge on any atom is -0.310 e. The first-order chi connectivity index (χ1) is 6.92. The van der Waals surface area contributed by atoms with Crippen LogP contribution in [0.2, 0.25) is 0 Å². The van der Waals surface area contributed by atoms with Crippen LogP contribution in [-0.4, -0.2) is 17.6 Å². The van der Waals surface area contributed by atoms with Gasteiger partial charge in [0, 0.05) is 18.4 Å². The summed E-state index contributed by atoms with van der Waals surface area (Å²) in [5.74, 6) is 0.847. The van der Waals surface area contributed by atoms with Gasteiger partial charge in [-0.25, -0.2) is 0 Å². The number of fused-ring (bicyclic) bond motifs is 2. The van der Waals surface area contributed by atoms with Crippen molar-refractivity contribution in [1.29, 1.82) is 0 Å². The first kappa shape index (κ1) is 8.18. The molecule has 2 heterocycles. The summed E-state index contributed by atoms with van der Waals surface area (Å²) in [6.07, 6.45) is 8.72. The summed E-state index contributed by atoms with van der Waals surface area (Å²) < 4.78 is 0. The van der Waals surface area contributed by atoms with Gasteiger partial charge >= 0.3 is 0 Å². The number of rotatable bonds is 1. The summed E-state index contributed by atoms with van der Waals surface area (Å²) in [6, 6.07) is 4.79. The fourth-order valence-electron chi connectivity index (χ4n) is 2.51. The normalized spacial score (nSPS) is 30.1. The van der Waals surface area contributed by atoms with Crippen molar-refractivity contribution < 1.29 is 0 Å². The van der Waals surface area contributed by atoms with E-state index in [9.17, 15) is 0 Å². The van der Waals surface area contributed by atoms with E-state index in [1.807, 2.05) is 18.5 Å². The third-order valence-electron chi connectivity index (χ3n) is 3.20. The molecule has 2 nitrogen and oxygen atoms in total. The van der Waals surface area contributed by atoms with Gasteiger partial charge in [0.2, 0.25) is 0 Å². The predicted molar refractivity (Wildman–Crippen MR) is 56.7 cm³/mol. The van der Waals surface area contributed by atoms with E-state index in [1.54, 1.807) is 0 Å². The van der Waals surface area contributed by atoms with Crippen LogP contribution in [0.3, 0.4) is 0 Å². The van der Waals surface area contributed by atoms with Crippen LogP contribution in [0.5, 0.6) is 0 Å². The van der Waals surface area contributed by atoms with Gasteiger partial charge in [-0.2, -0.15) is 0 Å². The van der Waals surface area contributed by atoms with Crippen molar-refractivity contribution in [2.45, 2.75) is 18.9 Å². The van der Waals surface area contributed by atoms with Crippen molar-refractivity contribution in [3.63, 3.8) is 0 Å². The van der Waals surface area contributed by atoms with Crippen molar-refractivity contribution in [3.8, 4) is 0 Å². The maximum Gasteiger partial charge on any atom is 0.0342 e. The number of pyridine rings is 1. The van der Waals surface area contributed by atoms with Crippen molar-refractivity contribution >= 4 is 5.57 Å². The molecule has 1 aromatic heterocycles. The predicted octanol–water partition coefficient (Wildman–Crippen LogP) is 1.85. The Morgan fingerprint density at radius 1 is 1.43 bits per heavy atom. The van der Waals surface area contributed by atoms with E-state index >= 15 is 0 Å². The average Bonchev–Trinajstić information content (AvgIpc) is 2.59. The molecule has 1 aliphatic heterocycles. The van der Waals surface area contributed by atoms with Gasteiger partial charge in [0.1, 0.15) is 0 Å². The molecule has 3 rings (SSSR count). The first-order valence-corrected chi connectivity index (χ1v) is 5.26. The van der Waals surface area contributed by atoms with Gasteiger partial charge in [-0.1, -0.05) is 12.1 Å². The maximum absolute atomic E-state index is 4.17. The fourth-order valence-corrected chi connectivity index (χ4v) is 2.51. The molecule has 1 N–H and O–H groups in total. The summed E-state index contributed by atoms with van der Waals surface area (Å²) in [6.45, 7) is 1.19. The fraction of sp³-hybridized carbons (Fsp3) is 0.417. The highest BCUT2D eigenvalue weighted by atomic mass is 14.9. The molecule has 1 aromatic rings.